The van der Waals surface area contributed by atoms with Crippen LogP contribution in [0.15, 0.2) is 24.3 Å². The van der Waals surface area contributed by atoms with Crippen LogP contribution in [0.2, 0.25) is 5.02 Å². The number of benzene rings is 1. The van der Waals surface area contributed by atoms with Gasteiger partial charge in [0, 0.05) is 31.2 Å². The van der Waals surface area contributed by atoms with Gasteiger partial charge in [-0.15, -0.1) is 5.10 Å². The van der Waals surface area contributed by atoms with Gasteiger partial charge in [-0.3, -0.25) is 4.90 Å². The third-order valence-electron chi connectivity index (χ3n) is 4.78. The van der Waals surface area contributed by atoms with Gasteiger partial charge in [-0.1, -0.05) is 30.7 Å². The Bertz CT molecular complexity index is 682. The van der Waals surface area contributed by atoms with Crippen LogP contribution >= 0.6 is 11.6 Å². The molecule has 1 aromatic heterocycles. The first-order valence-corrected chi connectivity index (χ1v) is 9.28. The molecule has 3 rings (SSSR count). The third-order valence-corrected chi connectivity index (χ3v) is 5.03. The zero-order valence-corrected chi connectivity index (χ0v) is 16.2. The van der Waals surface area contributed by atoms with E-state index in [-0.39, 0.29) is 11.6 Å². The van der Waals surface area contributed by atoms with Crippen LogP contribution < -0.4 is 0 Å². The van der Waals surface area contributed by atoms with Gasteiger partial charge >= 0.3 is 0 Å². The Morgan fingerprint density at radius 2 is 1.72 bits per heavy atom. The first-order chi connectivity index (χ1) is 11.9. The number of tetrazole rings is 1. The molecular weight excluding hydrogens is 336 g/mol. The van der Waals surface area contributed by atoms with E-state index in [4.69, 9.17) is 11.6 Å². The average Bonchev–Trinajstić information content (AvgIpc) is 3.07. The molecule has 0 aliphatic carbocycles. The molecule has 0 spiro atoms. The third kappa shape index (κ3) is 4.02. The summed E-state index contributed by atoms with van der Waals surface area (Å²) in [5, 5.41) is 13.4. The van der Waals surface area contributed by atoms with Crippen molar-refractivity contribution in [3.63, 3.8) is 0 Å². The number of hydrogen-bond donors (Lipinski definition) is 0. The standard InChI is InChI=1S/C18H27ClN6/c1-5-23-10-12-24(13-11-23)16(14-6-8-15(19)9-7-14)17-20-21-22-25(17)18(2,3)4/h6-9,16H,5,10-13H2,1-4H3/t16-/m0/s1. The van der Waals surface area contributed by atoms with E-state index >= 15 is 0 Å². The SMILES string of the molecule is CCN1CCN([C@@H](c2ccc(Cl)cc2)c2nnnn2C(C)(C)C)CC1. The van der Waals surface area contributed by atoms with Crippen LogP contribution in [0.25, 0.3) is 0 Å². The molecule has 0 amide bonds. The van der Waals surface area contributed by atoms with Gasteiger partial charge in [0.25, 0.3) is 0 Å². The van der Waals surface area contributed by atoms with Gasteiger partial charge in [-0.05, 0) is 55.4 Å². The van der Waals surface area contributed by atoms with Crippen molar-refractivity contribution in [1.29, 1.82) is 0 Å². The van der Waals surface area contributed by atoms with Crippen molar-refractivity contribution in [2.45, 2.75) is 39.3 Å². The van der Waals surface area contributed by atoms with Crippen molar-refractivity contribution >= 4 is 11.6 Å². The maximum absolute atomic E-state index is 6.10. The quantitative estimate of drug-likeness (QED) is 0.837. The first-order valence-electron chi connectivity index (χ1n) is 8.90. The number of nitrogens with zero attached hydrogens (tertiary/aromatic N) is 6. The summed E-state index contributed by atoms with van der Waals surface area (Å²) >= 11 is 6.10. The van der Waals surface area contributed by atoms with Crippen LogP contribution in [0.5, 0.6) is 0 Å². The van der Waals surface area contributed by atoms with Crippen molar-refractivity contribution in [3.05, 3.63) is 40.7 Å². The lowest BCUT2D eigenvalue weighted by atomic mass is 10.0. The molecule has 1 aromatic carbocycles. The van der Waals surface area contributed by atoms with E-state index in [1.807, 2.05) is 16.8 Å². The smallest absolute Gasteiger partial charge is 0.173 e. The highest BCUT2D eigenvalue weighted by atomic mass is 35.5. The Morgan fingerprint density at radius 1 is 1.08 bits per heavy atom. The van der Waals surface area contributed by atoms with Gasteiger partial charge in [0.05, 0.1) is 11.6 Å². The first kappa shape index (κ1) is 18.3. The molecule has 7 heteroatoms. The highest BCUT2D eigenvalue weighted by molar-refractivity contribution is 6.30. The minimum atomic E-state index is -0.172. The van der Waals surface area contributed by atoms with E-state index < -0.39 is 0 Å². The number of aromatic nitrogens is 4. The van der Waals surface area contributed by atoms with Crippen LogP contribution in [0.1, 0.15) is 45.1 Å². The van der Waals surface area contributed by atoms with Crippen molar-refractivity contribution in [3.8, 4) is 0 Å². The summed E-state index contributed by atoms with van der Waals surface area (Å²) in [5.74, 6) is 0.889. The molecule has 1 saturated heterocycles. The summed E-state index contributed by atoms with van der Waals surface area (Å²) in [6, 6.07) is 8.09. The highest BCUT2D eigenvalue weighted by Gasteiger charge is 2.32. The van der Waals surface area contributed by atoms with E-state index in [1.165, 1.54) is 5.56 Å². The molecule has 0 N–H and O–H groups in total. The highest BCUT2D eigenvalue weighted by Crippen LogP contribution is 2.31. The zero-order chi connectivity index (χ0) is 18.0. The maximum Gasteiger partial charge on any atom is 0.173 e. The molecule has 0 bridgehead atoms. The molecular formula is C18H27ClN6. The summed E-state index contributed by atoms with van der Waals surface area (Å²) in [6.45, 7) is 13.8. The van der Waals surface area contributed by atoms with Gasteiger partial charge in [0.1, 0.15) is 0 Å². The van der Waals surface area contributed by atoms with Crippen LogP contribution in [-0.4, -0.2) is 62.7 Å². The molecule has 0 radical (unpaired) electrons. The summed E-state index contributed by atoms with van der Waals surface area (Å²) in [6.07, 6.45) is 0. The largest absolute Gasteiger partial charge is 0.301 e. The normalized spacial score (nSPS) is 18.4. The van der Waals surface area contributed by atoms with E-state index in [0.29, 0.717) is 0 Å². The predicted octanol–water partition coefficient (Wildman–Crippen LogP) is 2.81. The second-order valence-electron chi connectivity index (χ2n) is 7.54. The van der Waals surface area contributed by atoms with Crippen molar-refractivity contribution in [1.82, 2.24) is 30.0 Å². The second kappa shape index (κ2) is 7.40. The van der Waals surface area contributed by atoms with Crippen LogP contribution in [-0.2, 0) is 5.54 Å². The van der Waals surface area contributed by atoms with E-state index in [2.05, 4.69) is 65.2 Å². The average molecular weight is 363 g/mol. The molecule has 0 saturated carbocycles. The molecule has 1 aliphatic heterocycles. The topological polar surface area (TPSA) is 50.1 Å². The fraction of sp³-hybridized carbons (Fsp3) is 0.611. The Balaban J connectivity index is 1.98. The van der Waals surface area contributed by atoms with E-state index in [0.717, 1.165) is 43.6 Å². The molecule has 6 nitrogen and oxygen atoms in total. The van der Waals surface area contributed by atoms with Crippen LogP contribution in [0, 0.1) is 0 Å². The second-order valence-corrected chi connectivity index (χ2v) is 7.98. The fourth-order valence-electron chi connectivity index (χ4n) is 3.35. The summed E-state index contributed by atoms with van der Waals surface area (Å²) in [5.41, 5.74) is 1.00. The zero-order valence-electron chi connectivity index (χ0n) is 15.5. The van der Waals surface area contributed by atoms with Crippen molar-refractivity contribution in [2.24, 2.45) is 0 Å². The molecule has 136 valence electrons. The Kier molecular flexibility index (Phi) is 5.41. The number of piperazine rings is 1. The lowest BCUT2D eigenvalue weighted by Gasteiger charge is -2.39. The Morgan fingerprint density at radius 3 is 2.28 bits per heavy atom. The lowest BCUT2D eigenvalue weighted by molar-refractivity contribution is 0.106. The number of likely N-dealkylation sites (N-methyl/N-ethyl adjacent to an activating group) is 1. The van der Waals surface area contributed by atoms with Gasteiger partial charge in [-0.2, -0.15) is 0 Å². The minimum absolute atomic E-state index is 0.0329. The van der Waals surface area contributed by atoms with Gasteiger partial charge < -0.3 is 4.90 Å². The number of hydrogen-bond acceptors (Lipinski definition) is 5. The van der Waals surface area contributed by atoms with E-state index in [9.17, 15) is 0 Å². The lowest BCUT2D eigenvalue weighted by Crippen LogP contribution is -2.48. The molecule has 2 heterocycles. The Labute approximate surface area is 154 Å². The fourth-order valence-corrected chi connectivity index (χ4v) is 3.47. The molecule has 1 fully saturated rings. The monoisotopic (exact) mass is 362 g/mol. The maximum atomic E-state index is 6.10. The Hall–Kier alpha value is -1.50. The number of halogens is 1. The van der Waals surface area contributed by atoms with Gasteiger partial charge in [0.15, 0.2) is 5.82 Å². The predicted molar refractivity (Wildman–Crippen MR) is 99.8 cm³/mol. The van der Waals surface area contributed by atoms with Crippen molar-refractivity contribution < 1.29 is 0 Å². The van der Waals surface area contributed by atoms with E-state index in [1.54, 1.807) is 0 Å². The number of rotatable bonds is 4. The van der Waals surface area contributed by atoms with Gasteiger partial charge in [-0.25, -0.2) is 4.68 Å². The van der Waals surface area contributed by atoms with Gasteiger partial charge in [0.2, 0.25) is 0 Å². The summed E-state index contributed by atoms with van der Waals surface area (Å²) in [7, 11) is 0. The minimum Gasteiger partial charge on any atom is -0.301 e. The van der Waals surface area contributed by atoms with Crippen LogP contribution in [0.3, 0.4) is 0 Å². The molecule has 2 aromatic rings. The molecule has 1 aliphatic rings. The summed E-state index contributed by atoms with van der Waals surface area (Å²) in [4.78, 5) is 4.95. The summed E-state index contributed by atoms with van der Waals surface area (Å²) < 4.78 is 1.94. The molecule has 1 atom stereocenters. The molecule has 25 heavy (non-hydrogen) atoms. The van der Waals surface area contributed by atoms with Crippen molar-refractivity contribution in [2.75, 3.05) is 32.7 Å². The molecule has 0 unspecified atom stereocenters. The van der Waals surface area contributed by atoms with Crippen LogP contribution in [0.4, 0.5) is 0 Å².